The third-order valence-electron chi connectivity index (χ3n) is 4.20. The van der Waals surface area contributed by atoms with Gasteiger partial charge in [0.1, 0.15) is 11.9 Å². The van der Waals surface area contributed by atoms with Gasteiger partial charge in [-0.05, 0) is 44.9 Å². The lowest BCUT2D eigenvalue weighted by atomic mass is 9.94. The lowest BCUT2D eigenvalue weighted by Crippen LogP contribution is -2.22. The van der Waals surface area contributed by atoms with Crippen LogP contribution in [0, 0.1) is 25.2 Å². The van der Waals surface area contributed by atoms with Crippen LogP contribution in [0.15, 0.2) is 0 Å². The van der Waals surface area contributed by atoms with Crippen LogP contribution in [-0.2, 0) is 0 Å². The van der Waals surface area contributed by atoms with E-state index in [-0.39, 0.29) is 0 Å². The fraction of sp³-hybridized carbons (Fsp3) is 0.643. The van der Waals surface area contributed by atoms with Crippen molar-refractivity contribution in [2.24, 2.45) is 0 Å². The lowest BCUT2D eigenvalue weighted by molar-refractivity contribution is 0.360. The van der Waals surface area contributed by atoms with E-state index in [4.69, 9.17) is 5.73 Å². The highest BCUT2D eigenvalue weighted by Gasteiger charge is 2.27. The molecule has 1 aliphatic carbocycles. The van der Waals surface area contributed by atoms with E-state index in [2.05, 4.69) is 23.8 Å². The van der Waals surface area contributed by atoms with Gasteiger partial charge in [0.15, 0.2) is 0 Å². The molecule has 2 unspecified atom stereocenters. The molecule has 0 radical (unpaired) electrons. The molecule has 18 heavy (non-hydrogen) atoms. The van der Waals surface area contributed by atoms with Gasteiger partial charge in [0.25, 0.3) is 0 Å². The van der Waals surface area contributed by atoms with Crippen LogP contribution < -0.4 is 5.73 Å². The van der Waals surface area contributed by atoms with Crippen molar-refractivity contribution in [3.8, 4) is 6.07 Å². The number of hydrogen-bond donors (Lipinski definition) is 1. The monoisotopic (exact) mass is 263 g/mol. The van der Waals surface area contributed by atoms with E-state index >= 15 is 0 Å². The van der Waals surface area contributed by atoms with E-state index < -0.39 is 0 Å². The van der Waals surface area contributed by atoms with Crippen LogP contribution in [-0.4, -0.2) is 16.1 Å². The molecule has 0 spiro atoms. The predicted octanol–water partition coefficient (Wildman–Crippen LogP) is 3.41. The number of rotatable bonds is 2. The number of nitrogens with zero attached hydrogens (tertiary/aromatic N) is 2. The van der Waals surface area contributed by atoms with Gasteiger partial charge in [-0.3, -0.25) is 0 Å². The normalized spacial score (nSPS) is 23.9. The quantitative estimate of drug-likeness (QED) is 0.889. The Morgan fingerprint density at radius 2 is 2.11 bits per heavy atom. The second-order valence-electron chi connectivity index (χ2n) is 5.13. The molecule has 0 aliphatic heterocycles. The first-order valence-electron chi connectivity index (χ1n) is 6.49. The maximum Gasteiger partial charge on any atom is 0.122 e. The molecule has 4 heteroatoms. The standard InChI is InChI=1S/C14H21N3S/c1-9-10(2)17(14(16)13(9)8-15)11-5-4-6-12(7-11)18-3/h11-12H,4-7,16H2,1-3H3. The van der Waals surface area contributed by atoms with E-state index in [1.165, 1.54) is 25.7 Å². The van der Waals surface area contributed by atoms with E-state index in [1.807, 2.05) is 18.7 Å². The first-order chi connectivity index (χ1) is 8.60. The van der Waals surface area contributed by atoms with Crippen molar-refractivity contribution < 1.29 is 0 Å². The molecule has 3 nitrogen and oxygen atoms in total. The van der Waals surface area contributed by atoms with E-state index in [1.54, 1.807) is 0 Å². The Labute approximate surface area is 113 Å². The van der Waals surface area contributed by atoms with Crippen LogP contribution in [0.4, 0.5) is 5.82 Å². The second kappa shape index (κ2) is 5.27. The molecule has 1 aromatic rings. The average molecular weight is 263 g/mol. The molecule has 2 N–H and O–H groups in total. The summed E-state index contributed by atoms with van der Waals surface area (Å²) in [5.41, 5.74) is 9.04. The zero-order chi connectivity index (χ0) is 13.3. The first kappa shape index (κ1) is 13.4. The maximum atomic E-state index is 9.19. The molecule has 98 valence electrons. The summed E-state index contributed by atoms with van der Waals surface area (Å²) in [4.78, 5) is 0. The topological polar surface area (TPSA) is 54.7 Å². The van der Waals surface area contributed by atoms with Gasteiger partial charge in [0, 0.05) is 17.0 Å². The fourth-order valence-electron chi connectivity index (χ4n) is 3.04. The highest BCUT2D eigenvalue weighted by Crippen LogP contribution is 2.38. The van der Waals surface area contributed by atoms with E-state index in [9.17, 15) is 5.26 Å². The van der Waals surface area contributed by atoms with E-state index in [0.717, 1.165) is 16.5 Å². The van der Waals surface area contributed by atoms with Crippen molar-refractivity contribution in [2.45, 2.75) is 50.8 Å². The number of thioether (sulfide) groups is 1. The largest absolute Gasteiger partial charge is 0.384 e. The molecule has 1 fully saturated rings. The van der Waals surface area contributed by atoms with Crippen LogP contribution in [0.1, 0.15) is 48.5 Å². The number of nitrogens with two attached hydrogens (primary N) is 1. The third-order valence-corrected chi connectivity index (χ3v) is 5.30. The van der Waals surface area contributed by atoms with Crippen LogP contribution in [0.3, 0.4) is 0 Å². The fourth-order valence-corrected chi connectivity index (χ4v) is 3.85. The molecule has 0 saturated heterocycles. The number of anilines is 1. The first-order valence-corrected chi connectivity index (χ1v) is 7.78. The highest BCUT2D eigenvalue weighted by molar-refractivity contribution is 7.99. The summed E-state index contributed by atoms with van der Waals surface area (Å²) in [6.45, 7) is 4.07. The number of nitriles is 1. The van der Waals surface area contributed by atoms with Crippen molar-refractivity contribution >= 4 is 17.6 Å². The summed E-state index contributed by atoms with van der Waals surface area (Å²) >= 11 is 1.95. The summed E-state index contributed by atoms with van der Waals surface area (Å²) in [5, 5.41) is 9.92. The Hall–Kier alpha value is -1.08. The number of hydrogen-bond acceptors (Lipinski definition) is 3. The zero-order valence-corrected chi connectivity index (χ0v) is 12.2. The molecule has 0 bridgehead atoms. The van der Waals surface area contributed by atoms with E-state index in [0.29, 0.717) is 17.4 Å². The predicted molar refractivity (Wildman–Crippen MR) is 77.8 cm³/mol. The van der Waals surface area contributed by atoms with Crippen molar-refractivity contribution in [3.05, 3.63) is 16.8 Å². The number of nitrogen functional groups attached to an aromatic ring is 1. The highest BCUT2D eigenvalue weighted by atomic mass is 32.2. The smallest absolute Gasteiger partial charge is 0.122 e. The zero-order valence-electron chi connectivity index (χ0n) is 11.4. The van der Waals surface area contributed by atoms with Crippen LogP contribution in [0.5, 0.6) is 0 Å². The molecule has 2 rings (SSSR count). The summed E-state index contributed by atoms with van der Waals surface area (Å²) in [5.74, 6) is 0.666. The van der Waals surface area contributed by atoms with Gasteiger partial charge in [-0.1, -0.05) is 6.42 Å². The van der Waals surface area contributed by atoms with Gasteiger partial charge < -0.3 is 10.3 Å². The molecular formula is C14H21N3S. The molecule has 2 atom stereocenters. The Morgan fingerprint density at radius 3 is 2.67 bits per heavy atom. The summed E-state index contributed by atoms with van der Waals surface area (Å²) in [7, 11) is 0. The van der Waals surface area contributed by atoms with Crippen LogP contribution in [0.2, 0.25) is 0 Å². The van der Waals surface area contributed by atoms with Crippen LogP contribution in [0.25, 0.3) is 0 Å². The van der Waals surface area contributed by atoms with Crippen LogP contribution >= 0.6 is 11.8 Å². The third kappa shape index (κ3) is 2.12. The minimum absolute atomic E-state index is 0.469. The molecule has 1 aromatic heterocycles. The van der Waals surface area contributed by atoms with Crippen molar-refractivity contribution in [1.29, 1.82) is 5.26 Å². The Balaban J connectivity index is 2.37. The van der Waals surface area contributed by atoms with Gasteiger partial charge in [0.2, 0.25) is 0 Å². The average Bonchev–Trinajstić information content (AvgIpc) is 2.60. The molecule has 0 amide bonds. The van der Waals surface area contributed by atoms with Gasteiger partial charge in [-0.2, -0.15) is 17.0 Å². The van der Waals surface area contributed by atoms with Gasteiger partial charge in [0.05, 0.1) is 5.56 Å². The van der Waals surface area contributed by atoms with Crippen molar-refractivity contribution in [3.63, 3.8) is 0 Å². The molecule has 0 aromatic carbocycles. The SMILES string of the molecule is CSC1CCCC(n2c(C)c(C)c(C#N)c2N)C1. The number of aromatic nitrogens is 1. The minimum atomic E-state index is 0.469. The lowest BCUT2D eigenvalue weighted by Gasteiger charge is -2.31. The summed E-state index contributed by atoms with van der Waals surface area (Å²) in [6, 6.07) is 2.71. The minimum Gasteiger partial charge on any atom is -0.384 e. The second-order valence-corrected chi connectivity index (χ2v) is 6.27. The Bertz CT molecular complexity index is 484. The maximum absolute atomic E-state index is 9.19. The van der Waals surface area contributed by atoms with Gasteiger partial charge >= 0.3 is 0 Å². The van der Waals surface area contributed by atoms with Crippen molar-refractivity contribution in [1.82, 2.24) is 4.57 Å². The van der Waals surface area contributed by atoms with Gasteiger partial charge in [-0.15, -0.1) is 0 Å². The Morgan fingerprint density at radius 1 is 1.39 bits per heavy atom. The Kier molecular flexibility index (Phi) is 3.91. The van der Waals surface area contributed by atoms with Crippen molar-refractivity contribution in [2.75, 3.05) is 12.0 Å². The van der Waals surface area contributed by atoms with Gasteiger partial charge in [-0.25, -0.2) is 0 Å². The summed E-state index contributed by atoms with van der Waals surface area (Å²) in [6.07, 6.45) is 7.10. The molecule has 1 aliphatic rings. The molecular weight excluding hydrogens is 242 g/mol. The summed E-state index contributed by atoms with van der Waals surface area (Å²) < 4.78 is 2.20. The molecule has 1 saturated carbocycles. The molecule has 1 heterocycles.